The topological polar surface area (TPSA) is 77.1 Å². The average molecular weight is 305 g/mol. The molecule has 2 aromatic rings. The van der Waals surface area contributed by atoms with Crippen LogP contribution < -0.4 is 9.47 Å². The molecule has 1 aromatic heterocycles. The molecular formula is C14H15N3O3S. The predicted molar refractivity (Wildman–Crippen MR) is 80.1 cm³/mol. The number of H-pyrrole nitrogens is 1. The molecule has 0 aliphatic carbocycles. The Kier molecular flexibility index (Phi) is 4.64. The van der Waals surface area contributed by atoms with Gasteiger partial charge in [0.2, 0.25) is 4.77 Å². The predicted octanol–water partition coefficient (Wildman–Crippen LogP) is 2.35. The van der Waals surface area contributed by atoms with Crippen molar-refractivity contribution in [2.24, 2.45) is 0 Å². The van der Waals surface area contributed by atoms with Crippen LogP contribution >= 0.6 is 12.2 Å². The van der Waals surface area contributed by atoms with Gasteiger partial charge in [-0.25, -0.2) is 9.97 Å². The molecule has 1 aromatic carbocycles. The number of hydrogen-bond donors (Lipinski definition) is 1. The van der Waals surface area contributed by atoms with E-state index >= 15 is 0 Å². The molecule has 0 radical (unpaired) electrons. The van der Waals surface area contributed by atoms with Gasteiger partial charge in [-0.05, 0) is 37.3 Å². The molecule has 7 heteroatoms. The van der Waals surface area contributed by atoms with E-state index in [0.717, 1.165) is 5.56 Å². The molecule has 0 amide bonds. The zero-order valence-corrected chi connectivity index (χ0v) is 12.8. The summed E-state index contributed by atoms with van der Waals surface area (Å²) >= 11 is 5.04. The van der Waals surface area contributed by atoms with Crippen LogP contribution in [0.15, 0.2) is 18.2 Å². The summed E-state index contributed by atoms with van der Waals surface area (Å²) in [6.07, 6.45) is 0.187. The number of nitrogens with one attached hydrogen (secondary N) is 1. The van der Waals surface area contributed by atoms with Crippen LogP contribution in [0.2, 0.25) is 0 Å². The lowest BCUT2D eigenvalue weighted by atomic mass is 10.2. The summed E-state index contributed by atoms with van der Waals surface area (Å²) in [5.41, 5.74) is 0.769. The molecule has 0 saturated carbocycles. The third-order valence-electron chi connectivity index (χ3n) is 2.77. The van der Waals surface area contributed by atoms with Crippen molar-refractivity contribution in [3.05, 3.63) is 28.8 Å². The standard InChI is InChI=1S/C14H15N3O3S/c1-8(18)6-12-15-13(17-14(21)16-12)9-4-5-10(19-2)11(7-9)20-3/h4-5,7H,6H2,1-3H3,(H,15,16,17,21). The van der Waals surface area contributed by atoms with Gasteiger partial charge in [0.1, 0.15) is 17.4 Å². The van der Waals surface area contributed by atoms with E-state index in [4.69, 9.17) is 21.7 Å². The average Bonchev–Trinajstić information content (AvgIpc) is 2.45. The Labute approximate surface area is 127 Å². The number of carbonyl (C=O) groups excluding carboxylic acids is 1. The molecule has 6 nitrogen and oxygen atoms in total. The maximum Gasteiger partial charge on any atom is 0.222 e. The number of aromatic nitrogens is 3. The number of benzene rings is 1. The summed E-state index contributed by atoms with van der Waals surface area (Å²) in [7, 11) is 3.13. The van der Waals surface area contributed by atoms with E-state index in [1.165, 1.54) is 6.92 Å². The first-order chi connectivity index (χ1) is 10.0. The highest BCUT2D eigenvalue weighted by Crippen LogP contribution is 2.30. The van der Waals surface area contributed by atoms with Crippen LogP contribution in [-0.2, 0) is 11.2 Å². The van der Waals surface area contributed by atoms with Crippen molar-refractivity contribution in [3.8, 4) is 22.9 Å². The van der Waals surface area contributed by atoms with Crippen LogP contribution in [-0.4, -0.2) is 35.0 Å². The minimum absolute atomic E-state index is 0.00221. The van der Waals surface area contributed by atoms with Crippen molar-refractivity contribution in [1.29, 1.82) is 0 Å². The minimum atomic E-state index is -0.00221. The molecule has 0 unspecified atom stereocenters. The second-order valence-corrected chi connectivity index (χ2v) is 4.74. The fourth-order valence-corrected chi connectivity index (χ4v) is 2.07. The van der Waals surface area contributed by atoms with Crippen molar-refractivity contribution in [2.45, 2.75) is 13.3 Å². The maximum atomic E-state index is 11.2. The Balaban J connectivity index is 2.48. The van der Waals surface area contributed by atoms with Crippen LogP contribution in [0.5, 0.6) is 11.5 Å². The lowest BCUT2D eigenvalue weighted by Gasteiger charge is -2.09. The van der Waals surface area contributed by atoms with Gasteiger partial charge in [0.15, 0.2) is 11.5 Å². The molecular weight excluding hydrogens is 290 g/mol. The molecule has 0 saturated heterocycles. The molecule has 0 aliphatic heterocycles. The fraction of sp³-hybridized carbons (Fsp3) is 0.286. The smallest absolute Gasteiger partial charge is 0.222 e. The zero-order chi connectivity index (χ0) is 15.4. The van der Waals surface area contributed by atoms with E-state index in [1.54, 1.807) is 26.4 Å². The van der Waals surface area contributed by atoms with Crippen molar-refractivity contribution < 1.29 is 14.3 Å². The van der Waals surface area contributed by atoms with Crippen LogP contribution in [0.25, 0.3) is 11.4 Å². The first-order valence-corrected chi connectivity index (χ1v) is 6.63. The zero-order valence-electron chi connectivity index (χ0n) is 12.0. The highest BCUT2D eigenvalue weighted by Gasteiger charge is 2.09. The molecule has 1 heterocycles. The van der Waals surface area contributed by atoms with Gasteiger partial charge >= 0.3 is 0 Å². The molecule has 0 spiro atoms. The van der Waals surface area contributed by atoms with E-state index < -0.39 is 0 Å². The summed E-state index contributed by atoms with van der Waals surface area (Å²) in [6.45, 7) is 1.50. The van der Waals surface area contributed by atoms with Gasteiger partial charge in [-0.15, -0.1) is 0 Å². The van der Waals surface area contributed by atoms with E-state index in [9.17, 15) is 4.79 Å². The summed E-state index contributed by atoms with van der Waals surface area (Å²) in [5.74, 6) is 2.23. The van der Waals surface area contributed by atoms with Crippen LogP contribution in [0.4, 0.5) is 0 Å². The molecule has 110 valence electrons. The number of ether oxygens (including phenoxy) is 2. The largest absolute Gasteiger partial charge is 0.493 e. The fourth-order valence-electron chi connectivity index (χ4n) is 1.87. The Hall–Kier alpha value is -2.28. The van der Waals surface area contributed by atoms with E-state index in [0.29, 0.717) is 23.1 Å². The van der Waals surface area contributed by atoms with Crippen molar-refractivity contribution in [2.75, 3.05) is 14.2 Å². The van der Waals surface area contributed by atoms with Crippen molar-refractivity contribution in [1.82, 2.24) is 15.0 Å². The van der Waals surface area contributed by atoms with Gasteiger partial charge in [0.25, 0.3) is 0 Å². The van der Waals surface area contributed by atoms with Crippen LogP contribution in [0.1, 0.15) is 12.7 Å². The number of aromatic amines is 1. The van der Waals surface area contributed by atoms with Gasteiger partial charge in [0.05, 0.1) is 20.6 Å². The molecule has 1 N–H and O–H groups in total. The van der Waals surface area contributed by atoms with Gasteiger partial charge in [-0.3, -0.25) is 4.79 Å². The van der Waals surface area contributed by atoms with E-state index in [2.05, 4.69) is 15.0 Å². The SMILES string of the molecule is COc1ccc(-c2nc(=S)nc(CC(C)=O)[nH]2)cc1OC. The molecule has 2 rings (SSSR count). The first kappa shape index (κ1) is 15.1. The normalized spacial score (nSPS) is 10.2. The molecule has 0 bridgehead atoms. The molecule has 0 fully saturated rings. The Bertz CT molecular complexity index is 728. The number of ketones is 1. The Morgan fingerprint density at radius 1 is 1.24 bits per heavy atom. The number of methoxy groups -OCH3 is 2. The van der Waals surface area contributed by atoms with Crippen LogP contribution in [0, 0.1) is 4.77 Å². The monoisotopic (exact) mass is 305 g/mol. The summed E-state index contributed by atoms with van der Waals surface area (Å²) in [5, 5.41) is 0. The van der Waals surface area contributed by atoms with Gasteiger partial charge < -0.3 is 14.5 Å². The summed E-state index contributed by atoms with van der Waals surface area (Å²) < 4.78 is 10.6. The number of rotatable bonds is 5. The van der Waals surface area contributed by atoms with Gasteiger partial charge in [-0.1, -0.05) is 0 Å². The van der Waals surface area contributed by atoms with E-state index in [1.807, 2.05) is 6.07 Å². The molecule has 0 aliphatic rings. The Morgan fingerprint density at radius 3 is 2.57 bits per heavy atom. The maximum absolute atomic E-state index is 11.2. The summed E-state index contributed by atoms with van der Waals surface area (Å²) in [4.78, 5) is 22.5. The number of hydrogen-bond acceptors (Lipinski definition) is 6. The summed E-state index contributed by atoms with van der Waals surface area (Å²) in [6, 6.07) is 5.38. The van der Waals surface area contributed by atoms with Crippen LogP contribution in [0.3, 0.4) is 0 Å². The second-order valence-electron chi connectivity index (χ2n) is 4.38. The number of Topliss-reactive ketones (excluding diaryl/α,β-unsaturated/α-hetero) is 1. The Morgan fingerprint density at radius 2 is 1.95 bits per heavy atom. The van der Waals surface area contributed by atoms with Crippen molar-refractivity contribution in [3.63, 3.8) is 0 Å². The van der Waals surface area contributed by atoms with Gasteiger partial charge in [-0.2, -0.15) is 0 Å². The highest BCUT2D eigenvalue weighted by molar-refractivity contribution is 7.71. The highest BCUT2D eigenvalue weighted by atomic mass is 32.1. The third-order valence-corrected chi connectivity index (χ3v) is 2.96. The quantitative estimate of drug-likeness (QED) is 0.854. The number of nitrogens with zero attached hydrogens (tertiary/aromatic N) is 2. The van der Waals surface area contributed by atoms with Gasteiger partial charge in [0, 0.05) is 5.56 Å². The van der Waals surface area contributed by atoms with E-state index in [-0.39, 0.29) is 17.0 Å². The molecule has 0 atom stereocenters. The third kappa shape index (κ3) is 3.63. The lowest BCUT2D eigenvalue weighted by molar-refractivity contribution is -0.116. The van der Waals surface area contributed by atoms with Crippen molar-refractivity contribution >= 4 is 18.0 Å². The second kappa shape index (κ2) is 6.45. The number of carbonyl (C=O) groups is 1. The molecule has 21 heavy (non-hydrogen) atoms. The minimum Gasteiger partial charge on any atom is -0.493 e. The lowest BCUT2D eigenvalue weighted by Crippen LogP contribution is -2.05. The first-order valence-electron chi connectivity index (χ1n) is 6.22.